The highest BCUT2D eigenvalue weighted by atomic mass is 32.1. The van der Waals surface area contributed by atoms with Crippen molar-refractivity contribution in [3.8, 4) is 11.5 Å². The lowest BCUT2D eigenvalue weighted by Crippen LogP contribution is -2.34. The summed E-state index contributed by atoms with van der Waals surface area (Å²) in [6, 6.07) is 20.1. The van der Waals surface area contributed by atoms with Gasteiger partial charge in [0.15, 0.2) is 5.11 Å². The Morgan fingerprint density at radius 3 is 2.48 bits per heavy atom. The number of phenols is 1. The fraction of sp³-hybridized carbons (Fsp3) is 0.130. The lowest BCUT2D eigenvalue weighted by molar-refractivity contribution is 0.0977. The smallest absolute Gasteiger partial charge is 0.257 e. The van der Waals surface area contributed by atoms with Gasteiger partial charge in [0.25, 0.3) is 5.91 Å². The zero-order valence-corrected chi connectivity index (χ0v) is 17.0. The highest BCUT2D eigenvalue weighted by Gasteiger charge is 2.11. The molecule has 0 aromatic heterocycles. The maximum atomic E-state index is 12.5. The van der Waals surface area contributed by atoms with Crippen LogP contribution < -0.4 is 15.4 Å². The zero-order valence-electron chi connectivity index (χ0n) is 16.2. The number of aromatic hydroxyl groups is 1. The molecule has 0 aliphatic rings. The molecule has 0 unspecified atom stereocenters. The molecule has 0 fully saturated rings. The van der Waals surface area contributed by atoms with Gasteiger partial charge in [-0.15, -0.1) is 0 Å². The van der Waals surface area contributed by atoms with Crippen LogP contribution in [0.4, 0.5) is 5.69 Å². The first kappa shape index (κ1) is 20.4. The van der Waals surface area contributed by atoms with Crippen molar-refractivity contribution >= 4 is 28.9 Å². The van der Waals surface area contributed by atoms with Crippen LogP contribution in [0, 0.1) is 13.8 Å². The van der Waals surface area contributed by atoms with Crippen LogP contribution in [0.5, 0.6) is 11.5 Å². The monoisotopic (exact) mass is 406 g/mol. The van der Waals surface area contributed by atoms with E-state index in [1.54, 1.807) is 36.4 Å². The van der Waals surface area contributed by atoms with E-state index in [0.717, 1.165) is 16.7 Å². The number of nitrogens with one attached hydrogen (secondary N) is 2. The Bertz CT molecular complexity index is 1040. The van der Waals surface area contributed by atoms with Crippen molar-refractivity contribution in [1.82, 2.24) is 5.32 Å². The number of anilines is 1. The fourth-order valence-corrected chi connectivity index (χ4v) is 2.90. The Morgan fingerprint density at radius 2 is 1.72 bits per heavy atom. The van der Waals surface area contributed by atoms with Crippen molar-refractivity contribution in [2.75, 3.05) is 5.32 Å². The van der Waals surface area contributed by atoms with Gasteiger partial charge in [-0.2, -0.15) is 0 Å². The second-order valence-electron chi connectivity index (χ2n) is 6.66. The van der Waals surface area contributed by atoms with Crippen LogP contribution >= 0.6 is 12.2 Å². The normalized spacial score (nSPS) is 10.3. The van der Waals surface area contributed by atoms with Crippen molar-refractivity contribution in [2.45, 2.75) is 20.5 Å². The molecule has 6 heteroatoms. The van der Waals surface area contributed by atoms with Crippen LogP contribution in [-0.2, 0) is 6.61 Å². The van der Waals surface area contributed by atoms with Crippen molar-refractivity contribution in [3.63, 3.8) is 0 Å². The Kier molecular flexibility index (Phi) is 6.46. The molecule has 3 rings (SSSR count). The molecule has 3 aromatic carbocycles. The van der Waals surface area contributed by atoms with Crippen LogP contribution in [0.2, 0.25) is 0 Å². The van der Waals surface area contributed by atoms with Gasteiger partial charge in [0.05, 0.1) is 5.69 Å². The van der Waals surface area contributed by atoms with Crippen LogP contribution in [0.1, 0.15) is 27.0 Å². The van der Waals surface area contributed by atoms with Crippen molar-refractivity contribution in [3.05, 3.63) is 89.0 Å². The van der Waals surface area contributed by atoms with E-state index in [1.165, 1.54) is 0 Å². The molecule has 5 nitrogen and oxygen atoms in total. The maximum absolute atomic E-state index is 12.5. The van der Waals surface area contributed by atoms with Crippen LogP contribution in [-0.4, -0.2) is 16.1 Å². The van der Waals surface area contributed by atoms with E-state index in [-0.39, 0.29) is 16.8 Å². The third-order valence-corrected chi connectivity index (χ3v) is 4.64. The number of ether oxygens (including phenoxy) is 1. The summed E-state index contributed by atoms with van der Waals surface area (Å²) in [4.78, 5) is 12.5. The Hall–Kier alpha value is -3.38. The molecule has 0 bridgehead atoms. The fourth-order valence-electron chi connectivity index (χ4n) is 2.70. The lowest BCUT2D eigenvalue weighted by atomic mass is 10.1. The summed E-state index contributed by atoms with van der Waals surface area (Å²) in [6.45, 7) is 4.26. The number of rotatable bonds is 5. The molecular weight excluding hydrogens is 384 g/mol. The molecule has 1 amide bonds. The summed E-state index contributed by atoms with van der Waals surface area (Å²) < 4.78 is 5.76. The largest absolute Gasteiger partial charge is 0.506 e. The minimum atomic E-state index is -0.365. The van der Waals surface area contributed by atoms with Gasteiger partial charge in [0.1, 0.15) is 18.1 Å². The molecule has 0 atom stereocenters. The van der Waals surface area contributed by atoms with Crippen LogP contribution in [0.15, 0.2) is 66.7 Å². The van der Waals surface area contributed by atoms with Gasteiger partial charge in [-0.25, -0.2) is 0 Å². The molecule has 0 aliphatic carbocycles. The Morgan fingerprint density at radius 1 is 1.00 bits per heavy atom. The standard InChI is InChI=1S/C23H22N2O3S/c1-15-11-20(21(26)12-16(15)2)24-23(29)25-22(27)18-9-6-10-19(13-18)28-14-17-7-4-3-5-8-17/h3-13,26H,14H2,1-2H3,(H2,24,25,27,29). The third kappa shape index (κ3) is 5.56. The topological polar surface area (TPSA) is 70.6 Å². The first-order chi connectivity index (χ1) is 13.9. The minimum Gasteiger partial charge on any atom is -0.506 e. The molecule has 0 radical (unpaired) electrons. The summed E-state index contributed by atoms with van der Waals surface area (Å²) in [5.74, 6) is 0.296. The summed E-state index contributed by atoms with van der Waals surface area (Å²) in [5.41, 5.74) is 3.88. The number of carbonyl (C=O) groups is 1. The molecule has 0 spiro atoms. The SMILES string of the molecule is Cc1cc(O)c(NC(=S)NC(=O)c2cccc(OCc3ccccc3)c2)cc1C. The second-order valence-corrected chi connectivity index (χ2v) is 7.07. The molecular formula is C23H22N2O3S. The third-order valence-electron chi connectivity index (χ3n) is 4.43. The first-order valence-electron chi connectivity index (χ1n) is 9.11. The quantitative estimate of drug-likeness (QED) is 0.423. The van der Waals surface area contributed by atoms with Gasteiger partial charge in [-0.3, -0.25) is 10.1 Å². The van der Waals surface area contributed by atoms with Gasteiger partial charge in [-0.1, -0.05) is 36.4 Å². The number of amides is 1. The average Bonchev–Trinajstić information content (AvgIpc) is 2.71. The molecule has 148 valence electrons. The average molecular weight is 407 g/mol. The number of thiocarbonyl (C=S) groups is 1. The zero-order chi connectivity index (χ0) is 20.8. The highest BCUT2D eigenvalue weighted by Crippen LogP contribution is 2.26. The Labute approximate surface area is 175 Å². The molecule has 0 heterocycles. The van der Waals surface area contributed by atoms with E-state index in [1.807, 2.05) is 44.2 Å². The summed E-state index contributed by atoms with van der Waals surface area (Å²) >= 11 is 5.21. The lowest BCUT2D eigenvalue weighted by Gasteiger charge is -2.13. The van der Waals surface area contributed by atoms with Gasteiger partial charge in [0.2, 0.25) is 0 Å². The van der Waals surface area contributed by atoms with Crippen LogP contribution in [0.3, 0.4) is 0 Å². The number of carbonyl (C=O) groups excluding carboxylic acids is 1. The maximum Gasteiger partial charge on any atom is 0.257 e. The number of hydrogen-bond acceptors (Lipinski definition) is 4. The number of phenolic OH excluding ortho intramolecular Hbond substituents is 1. The second kappa shape index (κ2) is 9.21. The van der Waals surface area contributed by atoms with Gasteiger partial charge < -0.3 is 15.2 Å². The molecule has 0 saturated heterocycles. The summed E-state index contributed by atoms with van der Waals surface area (Å²) in [6.07, 6.45) is 0. The molecule has 0 aliphatic heterocycles. The Balaban J connectivity index is 1.61. The van der Waals surface area contributed by atoms with Gasteiger partial charge >= 0.3 is 0 Å². The minimum absolute atomic E-state index is 0.0704. The van der Waals surface area contributed by atoms with Crippen LogP contribution in [0.25, 0.3) is 0 Å². The van der Waals surface area contributed by atoms with Crippen molar-refractivity contribution in [1.29, 1.82) is 0 Å². The van der Waals surface area contributed by atoms with E-state index in [9.17, 15) is 9.90 Å². The van der Waals surface area contributed by atoms with Gasteiger partial charge in [0, 0.05) is 5.56 Å². The highest BCUT2D eigenvalue weighted by molar-refractivity contribution is 7.80. The van der Waals surface area contributed by atoms with E-state index in [2.05, 4.69) is 10.6 Å². The van der Waals surface area contributed by atoms with Crippen molar-refractivity contribution in [2.24, 2.45) is 0 Å². The van der Waals surface area contributed by atoms with E-state index in [4.69, 9.17) is 17.0 Å². The molecule has 3 N–H and O–H groups in total. The van der Waals surface area contributed by atoms with Gasteiger partial charge in [-0.05, 0) is 73.1 Å². The molecule has 3 aromatic rings. The van der Waals surface area contributed by atoms with E-state index >= 15 is 0 Å². The summed E-state index contributed by atoms with van der Waals surface area (Å²) in [5, 5.41) is 15.6. The van der Waals surface area contributed by atoms with E-state index in [0.29, 0.717) is 23.6 Å². The predicted octanol–water partition coefficient (Wildman–Crippen LogP) is 4.71. The van der Waals surface area contributed by atoms with Crippen molar-refractivity contribution < 1.29 is 14.6 Å². The number of hydrogen-bond donors (Lipinski definition) is 3. The predicted molar refractivity (Wildman–Crippen MR) is 118 cm³/mol. The number of aryl methyl sites for hydroxylation is 2. The summed E-state index contributed by atoms with van der Waals surface area (Å²) in [7, 11) is 0. The molecule has 29 heavy (non-hydrogen) atoms. The van der Waals surface area contributed by atoms with E-state index < -0.39 is 0 Å². The first-order valence-corrected chi connectivity index (χ1v) is 9.52. The molecule has 0 saturated carbocycles. The number of benzene rings is 3.